The van der Waals surface area contributed by atoms with E-state index < -0.39 is 24.2 Å². The number of hydrogen-bond acceptors (Lipinski definition) is 8. The minimum absolute atomic E-state index is 0.0410. The number of rotatable bonds is 7. The number of hydrogen-bond donors (Lipinski definition) is 1. The molecule has 6 aliphatic rings. The molecular weight excluding hydrogens is 561 g/mol. The van der Waals surface area contributed by atoms with Crippen molar-refractivity contribution in [3.8, 4) is 0 Å². The maximum absolute atomic E-state index is 16.1. The summed E-state index contributed by atoms with van der Waals surface area (Å²) < 4.78 is 28.5. The van der Waals surface area contributed by atoms with Crippen molar-refractivity contribution in [3.63, 3.8) is 0 Å². The van der Waals surface area contributed by atoms with Gasteiger partial charge < -0.3 is 29.5 Å². The van der Waals surface area contributed by atoms with Crippen molar-refractivity contribution in [2.75, 3.05) is 72.6 Å². The molecular formula is C34H48FN5O4. The Morgan fingerprint density at radius 3 is 2.57 bits per heavy atom. The van der Waals surface area contributed by atoms with Gasteiger partial charge in [-0.25, -0.2) is 4.39 Å². The number of carbonyl (C=O) groups excluding carboxylic acids is 2. The van der Waals surface area contributed by atoms with Gasteiger partial charge in [0.1, 0.15) is 6.17 Å². The highest BCUT2D eigenvalue weighted by Crippen LogP contribution is 2.48. The lowest BCUT2D eigenvalue weighted by molar-refractivity contribution is -0.199. The van der Waals surface area contributed by atoms with Crippen molar-refractivity contribution in [3.05, 3.63) is 47.7 Å². The van der Waals surface area contributed by atoms with E-state index in [0.29, 0.717) is 25.6 Å². The smallest absolute Gasteiger partial charge is 0.259 e. The molecule has 8 atom stereocenters. The monoisotopic (exact) mass is 609 g/mol. The zero-order valence-electron chi connectivity index (χ0n) is 26.0. The highest BCUT2D eigenvalue weighted by Gasteiger charge is 2.59. The molecule has 9 nitrogen and oxygen atoms in total. The summed E-state index contributed by atoms with van der Waals surface area (Å²) in [6.45, 7) is 7.84. The van der Waals surface area contributed by atoms with Crippen LogP contribution in [0.1, 0.15) is 43.6 Å². The zero-order valence-corrected chi connectivity index (χ0v) is 26.0. The van der Waals surface area contributed by atoms with E-state index in [1.165, 1.54) is 5.56 Å². The molecule has 2 saturated carbocycles. The van der Waals surface area contributed by atoms with Crippen LogP contribution < -0.4 is 5.32 Å². The van der Waals surface area contributed by atoms with E-state index in [0.717, 1.165) is 71.6 Å². The van der Waals surface area contributed by atoms with E-state index in [-0.39, 0.29) is 41.9 Å². The standard InChI is InChI=1S/C34H48FN5O4/c1-37-12-14-39(15-13-37)34(42)26-22-40-28-20-24(23-6-3-2-4-7-23)8-9-29(28)44-33-30(27(35)21-25(31(33)40)32(26)41)36-10-5-11-38-16-18-43-19-17-38/h2-4,6-7,22,24-25,27-31,33,36H,5,8-21H2,1H3. The summed E-state index contributed by atoms with van der Waals surface area (Å²) >= 11 is 0. The van der Waals surface area contributed by atoms with Crippen molar-refractivity contribution in [2.24, 2.45) is 5.92 Å². The number of carbonyl (C=O) groups is 2. The Morgan fingerprint density at radius 2 is 1.80 bits per heavy atom. The first-order chi connectivity index (χ1) is 21.5. The van der Waals surface area contributed by atoms with Crippen LogP contribution in [0.5, 0.6) is 0 Å². The normalized spacial score (nSPS) is 36.4. The molecule has 1 aromatic carbocycles. The highest BCUT2D eigenvalue weighted by molar-refractivity contribution is 6.20. The molecule has 1 N–H and O–H groups in total. The van der Waals surface area contributed by atoms with Crippen LogP contribution in [0.2, 0.25) is 0 Å². The van der Waals surface area contributed by atoms with Crippen LogP contribution in [0.3, 0.4) is 0 Å². The number of halogens is 1. The SMILES string of the molecule is CN1CCN(C(=O)C2=CN3C4CC(c5ccccc5)CCC4OC4C(NCCCN5CCOCC5)C(F)CC(C2=O)C43)CC1. The predicted molar refractivity (Wildman–Crippen MR) is 165 cm³/mol. The first kappa shape index (κ1) is 30.3. The van der Waals surface area contributed by atoms with Gasteiger partial charge in [0, 0.05) is 51.4 Å². The minimum Gasteiger partial charge on any atom is -0.379 e. The molecule has 1 aromatic rings. The average molecular weight is 610 g/mol. The number of morpholine rings is 2. The molecule has 0 bridgehead atoms. The van der Waals surface area contributed by atoms with E-state index in [1.54, 1.807) is 0 Å². The van der Waals surface area contributed by atoms with Crippen LogP contribution >= 0.6 is 0 Å². The summed E-state index contributed by atoms with van der Waals surface area (Å²) in [7, 11) is 2.05. The van der Waals surface area contributed by atoms with Crippen molar-refractivity contribution in [2.45, 2.75) is 74.5 Å². The Hall–Kier alpha value is -2.37. The van der Waals surface area contributed by atoms with Gasteiger partial charge in [0.2, 0.25) is 0 Å². The lowest BCUT2D eigenvalue weighted by Crippen LogP contribution is -2.73. The molecule has 0 spiro atoms. The Bertz CT molecular complexity index is 1200. The molecule has 240 valence electrons. The van der Waals surface area contributed by atoms with Crippen LogP contribution in [0, 0.1) is 5.92 Å². The molecule has 0 radical (unpaired) electrons. The quantitative estimate of drug-likeness (QED) is 0.372. The van der Waals surface area contributed by atoms with Gasteiger partial charge in [0.15, 0.2) is 5.78 Å². The van der Waals surface area contributed by atoms with E-state index in [4.69, 9.17) is 9.47 Å². The fourth-order valence-corrected chi connectivity index (χ4v) is 8.60. The van der Waals surface area contributed by atoms with Gasteiger partial charge in [-0.1, -0.05) is 30.3 Å². The maximum atomic E-state index is 16.1. The molecule has 4 aliphatic heterocycles. The third kappa shape index (κ3) is 5.96. The number of nitrogens with one attached hydrogen (secondary N) is 1. The summed E-state index contributed by atoms with van der Waals surface area (Å²) in [4.78, 5) is 36.6. The van der Waals surface area contributed by atoms with E-state index in [9.17, 15) is 9.59 Å². The van der Waals surface area contributed by atoms with E-state index in [2.05, 4.69) is 44.3 Å². The first-order valence-corrected chi connectivity index (χ1v) is 16.9. The van der Waals surface area contributed by atoms with Crippen LogP contribution in [0.15, 0.2) is 42.1 Å². The Morgan fingerprint density at radius 1 is 1.02 bits per heavy atom. The van der Waals surface area contributed by atoms with Crippen molar-refractivity contribution >= 4 is 11.7 Å². The maximum Gasteiger partial charge on any atom is 0.259 e. The van der Waals surface area contributed by atoms with Gasteiger partial charge in [0.25, 0.3) is 5.91 Å². The third-order valence-corrected chi connectivity index (χ3v) is 11.1. The Labute approximate surface area is 260 Å². The zero-order chi connectivity index (χ0) is 30.2. The average Bonchev–Trinajstić information content (AvgIpc) is 3.06. The summed E-state index contributed by atoms with van der Waals surface area (Å²) in [5, 5.41) is 3.54. The number of benzene rings is 1. The molecule has 0 aromatic heterocycles. The summed E-state index contributed by atoms with van der Waals surface area (Å²) in [6, 6.07) is 9.92. The third-order valence-electron chi connectivity index (χ3n) is 11.1. The minimum atomic E-state index is -1.22. The Balaban J connectivity index is 1.14. The number of nitrogens with zero attached hydrogens (tertiary/aromatic N) is 4. The predicted octanol–water partition coefficient (Wildman–Crippen LogP) is 2.04. The first-order valence-electron chi connectivity index (χ1n) is 16.9. The van der Waals surface area contributed by atoms with Gasteiger partial charge in [-0.15, -0.1) is 0 Å². The molecule has 10 heteroatoms. The lowest BCUT2D eigenvalue weighted by atomic mass is 9.68. The fourth-order valence-electron chi connectivity index (χ4n) is 8.60. The largest absolute Gasteiger partial charge is 0.379 e. The number of Topliss-reactive ketones (excluding diaryl/α,β-unsaturated/α-hetero) is 1. The van der Waals surface area contributed by atoms with Gasteiger partial charge in [-0.05, 0) is 63.7 Å². The molecule has 2 aliphatic carbocycles. The molecule has 5 fully saturated rings. The second-order valence-corrected chi connectivity index (χ2v) is 13.7. The Kier molecular flexibility index (Phi) is 9.06. The second-order valence-electron chi connectivity index (χ2n) is 13.7. The van der Waals surface area contributed by atoms with Crippen LogP contribution in [0.4, 0.5) is 4.39 Å². The topological polar surface area (TPSA) is 77.6 Å². The van der Waals surface area contributed by atoms with Gasteiger partial charge in [-0.3, -0.25) is 14.5 Å². The summed E-state index contributed by atoms with van der Waals surface area (Å²) in [5.41, 5.74) is 1.56. The van der Waals surface area contributed by atoms with Crippen LogP contribution in [0.25, 0.3) is 0 Å². The van der Waals surface area contributed by atoms with Crippen molar-refractivity contribution < 1.29 is 23.5 Å². The number of alkyl halides is 1. The molecule has 8 unspecified atom stereocenters. The number of likely N-dealkylation sites (N-methyl/N-ethyl adjacent to an activating group) is 1. The highest BCUT2D eigenvalue weighted by atomic mass is 19.1. The molecule has 44 heavy (non-hydrogen) atoms. The van der Waals surface area contributed by atoms with Crippen molar-refractivity contribution in [1.82, 2.24) is 24.9 Å². The number of fused-ring (bicyclic) bond motifs is 2. The molecule has 1 amide bonds. The fraction of sp³-hybridized carbons (Fsp3) is 0.706. The summed E-state index contributed by atoms with van der Waals surface area (Å²) in [5.74, 6) is -0.609. The molecule has 4 heterocycles. The second kappa shape index (κ2) is 13.2. The molecule has 3 saturated heterocycles. The van der Waals surface area contributed by atoms with Crippen LogP contribution in [-0.4, -0.2) is 140 Å². The number of piperazine rings is 1. The number of amides is 1. The molecule has 7 rings (SSSR count). The lowest BCUT2D eigenvalue weighted by Gasteiger charge is -2.60. The van der Waals surface area contributed by atoms with E-state index >= 15 is 4.39 Å². The van der Waals surface area contributed by atoms with Gasteiger partial charge in [0.05, 0.1) is 49.1 Å². The van der Waals surface area contributed by atoms with Gasteiger partial charge >= 0.3 is 0 Å². The number of ether oxygens (including phenoxy) is 2. The number of ketones is 1. The van der Waals surface area contributed by atoms with E-state index in [1.807, 2.05) is 24.2 Å². The summed E-state index contributed by atoms with van der Waals surface area (Å²) in [6.07, 6.45) is 3.96. The van der Waals surface area contributed by atoms with Gasteiger partial charge in [-0.2, -0.15) is 0 Å². The van der Waals surface area contributed by atoms with Crippen LogP contribution in [-0.2, 0) is 19.1 Å². The van der Waals surface area contributed by atoms with Crippen molar-refractivity contribution in [1.29, 1.82) is 0 Å².